The van der Waals surface area contributed by atoms with Gasteiger partial charge in [-0.25, -0.2) is 0 Å². The standard InChI is InChI=1S/C12H25N/c1-5-8-11(2)9-6-7-10-12(3)13-4/h8,12-13H,5-7,9-10H2,1-4H3/b11-8-. The van der Waals surface area contributed by atoms with Gasteiger partial charge in [-0.3, -0.25) is 0 Å². The lowest BCUT2D eigenvalue weighted by molar-refractivity contribution is 0.527. The summed E-state index contributed by atoms with van der Waals surface area (Å²) < 4.78 is 0. The van der Waals surface area contributed by atoms with Gasteiger partial charge in [-0.2, -0.15) is 0 Å². The van der Waals surface area contributed by atoms with E-state index >= 15 is 0 Å². The molecule has 0 bridgehead atoms. The highest BCUT2D eigenvalue weighted by Crippen LogP contribution is 2.09. The highest BCUT2D eigenvalue weighted by molar-refractivity contribution is 4.96. The van der Waals surface area contributed by atoms with Crippen molar-refractivity contribution >= 4 is 0 Å². The van der Waals surface area contributed by atoms with E-state index in [2.05, 4.69) is 32.2 Å². The fourth-order valence-electron chi connectivity index (χ4n) is 1.45. The van der Waals surface area contributed by atoms with Gasteiger partial charge in [0.25, 0.3) is 0 Å². The monoisotopic (exact) mass is 183 g/mol. The van der Waals surface area contributed by atoms with Crippen molar-refractivity contribution in [2.24, 2.45) is 0 Å². The molecule has 0 saturated heterocycles. The number of allylic oxidation sites excluding steroid dienone is 2. The Bertz CT molecular complexity index is 138. The Morgan fingerprint density at radius 1 is 1.38 bits per heavy atom. The van der Waals surface area contributed by atoms with Crippen molar-refractivity contribution in [1.29, 1.82) is 0 Å². The summed E-state index contributed by atoms with van der Waals surface area (Å²) >= 11 is 0. The van der Waals surface area contributed by atoms with E-state index in [1.165, 1.54) is 32.1 Å². The molecule has 1 heteroatoms. The zero-order valence-electron chi connectivity index (χ0n) is 9.69. The third-order valence-corrected chi connectivity index (χ3v) is 2.50. The molecule has 0 aliphatic rings. The molecule has 0 rings (SSSR count). The molecule has 0 saturated carbocycles. The largest absolute Gasteiger partial charge is 0.317 e. The van der Waals surface area contributed by atoms with Gasteiger partial charge in [-0.1, -0.05) is 25.0 Å². The molecule has 0 aromatic carbocycles. The predicted molar refractivity (Wildman–Crippen MR) is 61.0 cm³/mol. The van der Waals surface area contributed by atoms with Crippen molar-refractivity contribution in [3.8, 4) is 0 Å². The van der Waals surface area contributed by atoms with Crippen molar-refractivity contribution in [3.63, 3.8) is 0 Å². The van der Waals surface area contributed by atoms with Crippen molar-refractivity contribution in [1.82, 2.24) is 5.32 Å². The van der Waals surface area contributed by atoms with E-state index in [0.29, 0.717) is 6.04 Å². The summed E-state index contributed by atoms with van der Waals surface area (Å²) in [5.74, 6) is 0. The Morgan fingerprint density at radius 2 is 2.08 bits per heavy atom. The molecule has 1 atom stereocenters. The van der Waals surface area contributed by atoms with E-state index in [1.807, 2.05) is 7.05 Å². The van der Waals surface area contributed by atoms with Gasteiger partial charge in [0, 0.05) is 6.04 Å². The van der Waals surface area contributed by atoms with Gasteiger partial charge in [-0.05, 0) is 46.6 Å². The van der Waals surface area contributed by atoms with Gasteiger partial charge in [0.05, 0.1) is 0 Å². The second-order valence-corrected chi connectivity index (χ2v) is 3.89. The number of hydrogen-bond acceptors (Lipinski definition) is 1. The van der Waals surface area contributed by atoms with Crippen molar-refractivity contribution in [2.75, 3.05) is 7.05 Å². The van der Waals surface area contributed by atoms with Crippen molar-refractivity contribution in [3.05, 3.63) is 11.6 Å². The minimum atomic E-state index is 0.676. The molecule has 1 unspecified atom stereocenters. The van der Waals surface area contributed by atoms with Gasteiger partial charge >= 0.3 is 0 Å². The summed E-state index contributed by atoms with van der Waals surface area (Å²) in [4.78, 5) is 0. The maximum Gasteiger partial charge on any atom is 0.00357 e. The van der Waals surface area contributed by atoms with E-state index in [1.54, 1.807) is 5.57 Å². The maximum absolute atomic E-state index is 3.26. The molecule has 0 radical (unpaired) electrons. The molecule has 0 heterocycles. The van der Waals surface area contributed by atoms with Gasteiger partial charge in [0.2, 0.25) is 0 Å². The Morgan fingerprint density at radius 3 is 2.62 bits per heavy atom. The normalized spacial score (nSPS) is 14.6. The molecule has 13 heavy (non-hydrogen) atoms. The minimum Gasteiger partial charge on any atom is -0.317 e. The lowest BCUT2D eigenvalue weighted by Crippen LogP contribution is -2.20. The van der Waals surface area contributed by atoms with Crippen LogP contribution in [0.15, 0.2) is 11.6 Å². The van der Waals surface area contributed by atoms with Gasteiger partial charge in [-0.15, -0.1) is 0 Å². The second kappa shape index (κ2) is 8.31. The lowest BCUT2D eigenvalue weighted by Gasteiger charge is -2.09. The van der Waals surface area contributed by atoms with Crippen LogP contribution >= 0.6 is 0 Å². The van der Waals surface area contributed by atoms with Crippen LogP contribution in [0.3, 0.4) is 0 Å². The first-order valence-electron chi connectivity index (χ1n) is 5.53. The van der Waals surface area contributed by atoms with E-state index in [-0.39, 0.29) is 0 Å². The maximum atomic E-state index is 3.26. The van der Waals surface area contributed by atoms with E-state index in [4.69, 9.17) is 0 Å². The van der Waals surface area contributed by atoms with Gasteiger partial charge < -0.3 is 5.32 Å². The summed E-state index contributed by atoms with van der Waals surface area (Å²) in [6.07, 6.45) is 8.78. The van der Waals surface area contributed by atoms with E-state index in [0.717, 1.165) is 0 Å². The second-order valence-electron chi connectivity index (χ2n) is 3.89. The first-order chi connectivity index (χ1) is 6.20. The van der Waals surface area contributed by atoms with Gasteiger partial charge in [0.1, 0.15) is 0 Å². The average Bonchev–Trinajstić information content (AvgIpc) is 2.12. The SMILES string of the molecule is CC/C=C(/C)CCCCC(C)NC. The number of hydrogen-bond donors (Lipinski definition) is 1. The topological polar surface area (TPSA) is 12.0 Å². The Balaban J connectivity index is 3.30. The molecule has 0 spiro atoms. The van der Waals surface area contributed by atoms with Crippen LogP contribution in [0.4, 0.5) is 0 Å². The van der Waals surface area contributed by atoms with Crippen LogP contribution in [0.25, 0.3) is 0 Å². The van der Waals surface area contributed by atoms with Crippen LogP contribution < -0.4 is 5.32 Å². The molecular weight excluding hydrogens is 158 g/mol. The molecular formula is C12H25N. The molecule has 1 nitrogen and oxygen atoms in total. The quantitative estimate of drug-likeness (QED) is 0.470. The zero-order chi connectivity index (χ0) is 10.1. The molecule has 78 valence electrons. The molecule has 0 aromatic heterocycles. The zero-order valence-corrected chi connectivity index (χ0v) is 9.69. The highest BCUT2D eigenvalue weighted by atomic mass is 14.8. The Hall–Kier alpha value is -0.300. The third-order valence-electron chi connectivity index (χ3n) is 2.50. The van der Waals surface area contributed by atoms with Crippen LogP contribution in [-0.2, 0) is 0 Å². The first-order valence-corrected chi connectivity index (χ1v) is 5.53. The van der Waals surface area contributed by atoms with E-state index < -0.39 is 0 Å². The summed E-state index contributed by atoms with van der Waals surface area (Å²) in [6, 6.07) is 0.676. The first kappa shape index (κ1) is 12.7. The van der Waals surface area contributed by atoms with Gasteiger partial charge in [0.15, 0.2) is 0 Å². The Labute approximate surface area is 83.6 Å². The van der Waals surface area contributed by atoms with Crippen molar-refractivity contribution in [2.45, 2.75) is 58.9 Å². The highest BCUT2D eigenvalue weighted by Gasteiger charge is 1.97. The summed E-state index contributed by atoms with van der Waals surface area (Å²) in [5.41, 5.74) is 1.56. The predicted octanol–water partition coefficient (Wildman–Crippen LogP) is 3.51. The fourth-order valence-corrected chi connectivity index (χ4v) is 1.45. The number of rotatable bonds is 7. The van der Waals surface area contributed by atoms with Crippen LogP contribution in [-0.4, -0.2) is 13.1 Å². The van der Waals surface area contributed by atoms with E-state index in [9.17, 15) is 0 Å². The Kier molecular flexibility index (Phi) is 8.11. The smallest absolute Gasteiger partial charge is 0.00357 e. The van der Waals surface area contributed by atoms with Crippen LogP contribution in [0.2, 0.25) is 0 Å². The third kappa shape index (κ3) is 8.04. The van der Waals surface area contributed by atoms with Crippen LogP contribution in [0.1, 0.15) is 52.9 Å². The van der Waals surface area contributed by atoms with Crippen LogP contribution in [0.5, 0.6) is 0 Å². The fraction of sp³-hybridized carbons (Fsp3) is 0.833. The summed E-state index contributed by atoms with van der Waals surface area (Å²) in [7, 11) is 2.03. The number of nitrogens with one attached hydrogen (secondary N) is 1. The summed E-state index contributed by atoms with van der Waals surface area (Å²) in [6.45, 7) is 6.69. The number of unbranched alkanes of at least 4 members (excludes halogenated alkanes) is 1. The molecule has 0 aromatic rings. The average molecular weight is 183 g/mol. The minimum absolute atomic E-state index is 0.676. The lowest BCUT2D eigenvalue weighted by atomic mass is 10.1. The molecule has 0 amide bonds. The molecule has 0 aliphatic carbocycles. The van der Waals surface area contributed by atoms with Crippen molar-refractivity contribution < 1.29 is 0 Å². The molecule has 0 fully saturated rings. The summed E-state index contributed by atoms with van der Waals surface area (Å²) in [5, 5.41) is 3.26. The van der Waals surface area contributed by atoms with Crippen LogP contribution in [0, 0.1) is 0 Å². The molecule has 0 aliphatic heterocycles. The molecule has 1 N–H and O–H groups in total.